The molecule has 1 N–H and O–H groups in total. The highest BCUT2D eigenvalue weighted by atomic mass is 16.5. The summed E-state index contributed by atoms with van der Waals surface area (Å²) in [5, 5.41) is 2.90. The number of ether oxygens (including phenoxy) is 3. The Bertz CT molecular complexity index is 695. The number of benzene rings is 2. The smallest absolute Gasteiger partial charge is 0.251 e. The first kappa shape index (κ1) is 18.6. The van der Waals surface area contributed by atoms with E-state index in [1.54, 1.807) is 26.4 Å². The van der Waals surface area contributed by atoms with Gasteiger partial charge in [-0.05, 0) is 47.9 Å². The number of methoxy groups -OCH3 is 2. The minimum atomic E-state index is -0.134. The zero-order valence-electron chi connectivity index (χ0n) is 15.2. The second-order valence-electron chi connectivity index (χ2n) is 6.10. The van der Waals surface area contributed by atoms with E-state index >= 15 is 0 Å². The number of amides is 1. The summed E-state index contributed by atoms with van der Waals surface area (Å²) in [6, 6.07) is 12.7. The Morgan fingerprint density at radius 1 is 1.00 bits per heavy atom. The molecule has 0 aliphatic heterocycles. The Labute approximate surface area is 148 Å². The molecule has 0 fully saturated rings. The molecule has 0 unspecified atom stereocenters. The quantitative estimate of drug-likeness (QED) is 0.794. The van der Waals surface area contributed by atoms with Gasteiger partial charge in [-0.15, -0.1) is 0 Å². The zero-order chi connectivity index (χ0) is 18.2. The van der Waals surface area contributed by atoms with Gasteiger partial charge in [-0.2, -0.15) is 0 Å². The molecule has 1 amide bonds. The summed E-state index contributed by atoms with van der Waals surface area (Å²) in [7, 11) is 3.18. The maximum Gasteiger partial charge on any atom is 0.251 e. The summed E-state index contributed by atoms with van der Waals surface area (Å²) in [6.45, 7) is 5.25. The van der Waals surface area contributed by atoms with Gasteiger partial charge >= 0.3 is 0 Å². The minimum absolute atomic E-state index is 0.134. The highest BCUT2D eigenvalue weighted by molar-refractivity contribution is 5.94. The summed E-state index contributed by atoms with van der Waals surface area (Å²) in [5.41, 5.74) is 1.53. The first-order valence-electron chi connectivity index (χ1n) is 8.25. The largest absolute Gasteiger partial charge is 0.493 e. The molecule has 0 atom stereocenters. The van der Waals surface area contributed by atoms with Crippen LogP contribution in [0.25, 0.3) is 0 Å². The molecule has 0 heterocycles. The Morgan fingerprint density at radius 3 is 2.28 bits per heavy atom. The molecule has 0 radical (unpaired) electrons. The maximum absolute atomic E-state index is 12.3. The summed E-state index contributed by atoms with van der Waals surface area (Å²) < 4.78 is 16.1. The molecular weight excluding hydrogens is 318 g/mol. The van der Waals surface area contributed by atoms with Gasteiger partial charge in [-0.1, -0.05) is 19.9 Å². The lowest BCUT2D eigenvalue weighted by Crippen LogP contribution is -2.22. The Balaban J connectivity index is 1.93. The lowest BCUT2D eigenvalue weighted by Gasteiger charge is -2.11. The predicted molar refractivity (Wildman–Crippen MR) is 97.5 cm³/mol. The number of rotatable bonds is 8. The van der Waals surface area contributed by atoms with E-state index in [9.17, 15) is 4.79 Å². The van der Waals surface area contributed by atoms with Gasteiger partial charge < -0.3 is 19.5 Å². The third-order valence-corrected chi connectivity index (χ3v) is 3.60. The Morgan fingerprint density at radius 2 is 1.68 bits per heavy atom. The average molecular weight is 343 g/mol. The van der Waals surface area contributed by atoms with Gasteiger partial charge in [0.05, 0.1) is 20.8 Å². The Kier molecular flexibility index (Phi) is 6.69. The molecule has 2 aromatic rings. The summed E-state index contributed by atoms with van der Waals surface area (Å²) in [4.78, 5) is 12.3. The van der Waals surface area contributed by atoms with Crippen molar-refractivity contribution in [2.24, 2.45) is 5.92 Å². The van der Waals surface area contributed by atoms with E-state index in [1.807, 2.05) is 30.3 Å². The van der Waals surface area contributed by atoms with Crippen LogP contribution in [-0.4, -0.2) is 26.7 Å². The lowest BCUT2D eigenvalue weighted by molar-refractivity contribution is 0.0951. The van der Waals surface area contributed by atoms with Gasteiger partial charge in [-0.3, -0.25) is 4.79 Å². The van der Waals surface area contributed by atoms with Gasteiger partial charge in [0, 0.05) is 12.1 Å². The van der Waals surface area contributed by atoms with Crippen LogP contribution >= 0.6 is 0 Å². The van der Waals surface area contributed by atoms with E-state index in [0.717, 1.165) is 11.3 Å². The van der Waals surface area contributed by atoms with Crippen LogP contribution in [0.15, 0.2) is 42.5 Å². The van der Waals surface area contributed by atoms with Crippen LogP contribution in [0.5, 0.6) is 17.2 Å². The monoisotopic (exact) mass is 343 g/mol. The van der Waals surface area contributed by atoms with E-state index in [-0.39, 0.29) is 5.91 Å². The first-order valence-corrected chi connectivity index (χ1v) is 8.25. The van der Waals surface area contributed by atoms with Gasteiger partial charge in [0.25, 0.3) is 5.91 Å². The number of carbonyl (C=O) groups is 1. The second kappa shape index (κ2) is 8.97. The molecule has 2 rings (SSSR count). The minimum Gasteiger partial charge on any atom is -0.493 e. The molecule has 0 aliphatic carbocycles. The van der Waals surface area contributed by atoms with Crippen molar-refractivity contribution in [2.45, 2.75) is 20.4 Å². The normalized spacial score (nSPS) is 10.4. The van der Waals surface area contributed by atoms with E-state index in [2.05, 4.69) is 19.2 Å². The predicted octanol–water partition coefficient (Wildman–Crippen LogP) is 3.67. The molecule has 0 aromatic heterocycles. The van der Waals surface area contributed by atoms with Crippen molar-refractivity contribution in [1.29, 1.82) is 0 Å². The topological polar surface area (TPSA) is 56.8 Å². The van der Waals surface area contributed by atoms with Crippen molar-refractivity contribution in [3.8, 4) is 17.2 Å². The fourth-order valence-electron chi connectivity index (χ4n) is 2.24. The first-order chi connectivity index (χ1) is 12.0. The van der Waals surface area contributed by atoms with Crippen molar-refractivity contribution in [3.63, 3.8) is 0 Å². The van der Waals surface area contributed by atoms with Crippen molar-refractivity contribution in [1.82, 2.24) is 5.32 Å². The van der Waals surface area contributed by atoms with Crippen molar-refractivity contribution >= 4 is 5.91 Å². The Hall–Kier alpha value is -2.69. The van der Waals surface area contributed by atoms with Crippen LogP contribution in [0.2, 0.25) is 0 Å². The molecule has 5 heteroatoms. The number of carbonyl (C=O) groups excluding carboxylic acids is 1. The molecule has 0 aliphatic rings. The highest BCUT2D eigenvalue weighted by Gasteiger charge is 2.08. The summed E-state index contributed by atoms with van der Waals surface area (Å²) in [5.74, 6) is 2.40. The maximum atomic E-state index is 12.3. The summed E-state index contributed by atoms with van der Waals surface area (Å²) >= 11 is 0. The fourth-order valence-corrected chi connectivity index (χ4v) is 2.24. The number of nitrogens with one attached hydrogen (secondary N) is 1. The van der Waals surface area contributed by atoms with Gasteiger partial charge in [0.1, 0.15) is 5.75 Å². The van der Waals surface area contributed by atoms with Crippen LogP contribution in [0.4, 0.5) is 0 Å². The molecule has 0 spiro atoms. The van der Waals surface area contributed by atoms with Crippen LogP contribution in [0.3, 0.4) is 0 Å². The third kappa shape index (κ3) is 5.41. The van der Waals surface area contributed by atoms with E-state index in [0.29, 0.717) is 36.1 Å². The second-order valence-corrected chi connectivity index (χ2v) is 6.10. The molecule has 134 valence electrons. The standard InChI is InChI=1S/C20H25NO4/c1-14(2)13-25-17-8-6-16(7-9-17)20(22)21-12-15-5-10-18(23-3)19(11-15)24-4/h5-11,14H,12-13H2,1-4H3,(H,21,22). The summed E-state index contributed by atoms with van der Waals surface area (Å²) in [6.07, 6.45) is 0. The van der Waals surface area contributed by atoms with Crippen molar-refractivity contribution < 1.29 is 19.0 Å². The molecule has 5 nitrogen and oxygen atoms in total. The van der Waals surface area contributed by atoms with E-state index in [4.69, 9.17) is 14.2 Å². The highest BCUT2D eigenvalue weighted by Crippen LogP contribution is 2.27. The molecule has 25 heavy (non-hydrogen) atoms. The fraction of sp³-hybridized carbons (Fsp3) is 0.350. The van der Waals surface area contributed by atoms with Crippen LogP contribution in [0.1, 0.15) is 29.8 Å². The average Bonchev–Trinajstić information content (AvgIpc) is 2.64. The van der Waals surface area contributed by atoms with E-state index in [1.165, 1.54) is 0 Å². The zero-order valence-corrected chi connectivity index (χ0v) is 15.2. The molecular formula is C20H25NO4. The molecule has 0 bridgehead atoms. The number of hydrogen-bond acceptors (Lipinski definition) is 4. The third-order valence-electron chi connectivity index (χ3n) is 3.60. The molecule has 0 saturated heterocycles. The van der Waals surface area contributed by atoms with Crippen molar-refractivity contribution in [2.75, 3.05) is 20.8 Å². The van der Waals surface area contributed by atoms with Gasteiger partial charge in [-0.25, -0.2) is 0 Å². The van der Waals surface area contributed by atoms with Crippen LogP contribution < -0.4 is 19.5 Å². The van der Waals surface area contributed by atoms with Crippen LogP contribution in [-0.2, 0) is 6.54 Å². The SMILES string of the molecule is COc1ccc(CNC(=O)c2ccc(OCC(C)C)cc2)cc1OC. The molecule has 0 saturated carbocycles. The van der Waals surface area contributed by atoms with Gasteiger partial charge in [0.2, 0.25) is 0 Å². The lowest BCUT2D eigenvalue weighted by atomic mass is 10.1. The van der Waals surface area contributed by atoms with Gasteiger partial charge in [0.15, 0.2) is 11.5 Å². The number of hydrogen-bond donors (Lipinski definition) is 1. The van der Waals surface area contributed by atoms with E-state index < -0.39 is 0 Å². The van der Waals surface area contributed by atoms with Crippen molar-refractivity contribution in [3.05, 3.63) is 53.6 Å². The van der Waals surface area contributed by atoms with Crippen LogP contribution in [0, 0.1) is 5.92 Å². The molecule has 2 aromatic carbocycles.